The van der Waals surface area contributed by atoms with Gasteiger partial charge in [-0.15, -0.1) is 0 Å². The van der Waals surface area contributed by atoms with Crippen molar-refractivity contribution in [1.82, 2.24) is 0 Å². The molecule has 0 radical (unpaired) electrons. The van der Waals surface area contributed by atoms with Crippen LogP contribution in [-0.2, 0) is 12.7 Å². The van der Waals surface area contributed by atoms with Gasteiger partial charge in [-0.05, 0) is 0 Å². The third-order valence-corrected chi connectivity index (χ3v) is 0. The van der Waals surface area contributed by atoms with Crippen molar-refractivity contribution in [2.45, 2.75) is 0 Å². The molecule has 0 saturated carbocycles. The van der Waals surface area contributed by atoms with Crippen molar-refractivity contribution in [3.05, 3.63) is 10.1 Å². The second-order valence-corrected chi connectivity index (χ2v) is 1.76. The van der Waals surface area contributed by atoms with E-state index in [4.69, 9.17) is 30.5 Å². The second-order valence-electron chi connectivity index (χ2n) is 0.129. The molecule has 1 N–H and O–H groups in total. The Hall–Kier alpha value is 0.474. The molecule has 0 unspecified atom stereocenters. The molecule has 0 rings (SSSR count). The molecular formula is HCl2NNiO2. The van der Waals surface area contributed by atoms with Crippen molar-refractivity contribution in [1.29, 1.82) is 0 Å². The van der Waals surface area contributed by atoms with Crippen LogP contribution in [-0.4, -0.2) is 0 Å². The van der Waals surface area contributed by atoms with Gasteiger partial charge < -0.3 is 0 Å². The minimum atomic E-state index is 0.250. The molecule has 6 heteroatoms. The Bertz CT molecular complexity index is 25.5. The van der Waals surface area contributed by atoms with E-state index in [2.05, 4.69) is 0 Å². The van der Waals surface area contributed by atoms with E-state index in [0.29, 0.717) is 12.7 Å². The van der Waals surface area contributed by atoms with Gasteiger partial charge in [-0.25, -0.2) is 0 Å². The average molecular weight is 177 g/mol. The number of rotatable bonds is 0. The molecule has 0 atom stereocenters. The van der Waals surface area contributed by atoms with E-state index < -0.39 is 0 Å². The molecule has 0 spiro atoms. The molecule has 0 heterocycles. The maximum absolute atomic E-state index is 8.12. The van der Waals surface area contributed by atoms with E-state index in [1.165, 1.54) is 0 Å². The van der Waals surface area contributed by atoms with E-state index in [1.54, 1.807) is 0 Å². The van der Waals surface area contributed by atoms with Crippen molar-refractivity contribution >= 4 is 20.4 Å². The van der Waals surface area contributed by atoms with E-state index in [-0.39, 0.29) is 5.34 Å². The van der Waals surface area contributed by atoms with Gasteiger partial charge in [-0.2, -0.15) is 0 Å². The Balaban J connectivity index is 0. The zero-order valence-corrected chi connectivity index (χ0v) is 4.89. The molecule has 0 bridgehead atoms. The quantitative estimate of drug-likeness (QED) is 0.313. The Morgan fingerprint density at radius 1 is 1.67 bits per heavy atom. The van der Waals surface area contributed by atoms with Crippen LogP contribution in [0.1, 0.15) is 0 Å². The third kappa shape index (κ3) is 241. The molecule has 6 heavy (non-hydrogen) atoms. The van der Waals surface area contributed by atoms with Crippen LogP contribution in [0.15, 0.2) is 0 Å². The molecule has 0 aliphatic heterocycles. The Morgan fingerprint density at radius 3 is 1.67 bits per heavy atom. The number of hydrogen-bond donors (Lipinski definition) is 1. The van der Waals surface area contributed by atoms with E-state index in [9.17, 15) is 0 Å². The SMILES string of the molecule is O=[NH+][O-].[Cl][Ni][Cl]. The van der Waals surface area contributed by atoms with Crippen molar-refractivity contribution in [2.24, 2.45) is 0 Å². The Kier molecular flexibility index (Phi) is 28.9. The van der Waals surface area contributed by atoms with Crippen LogP contribution in [0, 0.1) is 10.1 Å². The summed E-state index contributed by atoms with van der Waals surface area (Å²) >= 11 is 0.569. The van der Waals surface area contributed by atoms with Crippen molar-refractivity contribution in [3.63, 3.8) is 0 Å². The molecule has 0 aromatic carbocycles. The van der Waals surface area contributed by atoms with E-state index >= 15 is 0 Å². The first-order chi connectivity index (χ1) is 2.83. The summed E-state index contributed by atoms with van der Waals surface area (Å²) in [5.74, 6) is 0. The molecular weight excluding hydrogens is 176 g/mol. The van der Waals surface area contributed by atoms with Crippen LogP contribution in [0.25, 0.3) is 0 Å². The predicted octanol–water partition coefficient (Wildman–Crippen LogP) is -0.292. The summed E-state index contributed by atoms with van der Waals surface area (Å²) in [6.45, 7) is 0. The molecule has 42 valence electrons. The zero-order valence-electron chi connectivity index (χ0n) is 2.39. The standard InChI is InChI=1S/2ClH.HNO2.Ni/c;;2-1-3;/h2*1H;1H;/q;;;+2/p-2. The van der Waals surface area contributed by atoms with Crippen LogP contribution in [0.5, 0.6) is 0 Å². The fourth-order valence-electron chi connectivity index (χ4n) is 0. The summed E-state index contributed by atoms with van der Waals surface area (Å²) in [6, 6.07) is 0. The van der Waals surface area contributed by atoms with Gasteiger partial charge in [0.15, 0.2) is 0 Å². The van der Waals surface area contributed by atoms with E-state index in [0.717, 1.165) is 0 Å². The molecule has 0 saturated heterocycles. The topological polar surface area (TPSA) is 54.1 Å². The summed E-state index contributed by atoms with van der Waals surface area (Å²) in [5.41, 5.74) is 0. The van der Waals surface area contributed by atoms with Gasteiger partial charge in [-0.1, -0.05) is 0 Å². The van der Waals surface area contributed by atoms with Crippen molar-refractivity contribution < 1.29 is 18.0 Å². The first-order valence-electron chi connectivity index (χ1n) is 0.647. The molecule has 0 aromatic heterocycles. The first kappa shape index (κ1) is 9.69. The van der Waals surface area contributed by atoms with Crippen LogP contribution in [0.4, 0.5) is 0 Å². The van der Waals surface area contributed by atoms with Gasteiger partial charge in [0.1, 0.15) is 0 Å². The van der Waals surface area contributed by atoms with Gasteiger partial charge in [0, 0.05) is 5.34 Å². The summed E-state index contributed by atoms with van der Waals surface area (Å²) < 4.78 is 0. The molecule has 0 amide bonds. The summed E-state index contributed by atoms with van der Waals surface area (Å²) in [4.78, 5) is 8.12. The normalized spacial score (nSPS) is 5.67. The average Bonchev–Trinajstić information content (AvgIpc) is 1.39. The van der Waals surface area contributed by atoms with Gasteiger partial charge in [-0.3, -0.25) is 10.1 Å². The first-order valence-corrected chi connectivity index (χ1v) is 3.37. The fourth-order valence-corrected chi connectivity index (χ4v) is 0. The van der Waals surface area contributed by atoms with Crippen LogP contribution in [0.2, 0.25) is 0 Å². The summed E-state index contributed by atoms with van der Waals surface area (Å²) in [6.07, 6.45) is 0. The monoisotopic (exact) mass is 175 g/mol. The predicted molar refractivity (Wildman–Crippen MR) is 19.4 cm³/mol. The van der Waals surface area contributed by atoms with Crippen molar-refractivity contribution in [3.8, 4) is 0 Å². The van der Waals surface area contributed by atoms with Gasteiger partial charge in [0.2, 0.25) is 0 Å². The zero-order chi connectivity index (χ0) is 5.41. The van der Waals surface area contributed by atoms with Crippen molar-refractivity contribution in [2.75, 3.05) is 0 Å². The maximum atomic E-state index is 8.12. The van der Waals surface area contributed by atoms with Crippen LogP contribution in [0.3, 0.4) is 0 Å². The molecule has 0 aromatic rings. The number of hydrogen-bond acceptors (Lipinski definition) is 2. The third-order valence-electron chi connectivity index (χ3n) is 0. The van der Waals surface area contributed by atoms with Gasteiger partial charge in [0.05, 0.1) is 0 Å². The molecule has 0 aliphatic rings. The van der Waals surface area contributed by atoms with Gasteiger partial charge >= 0.3 is 33.0 Å². The Morgan fingerprint density at radius 2 is 1.67 bits per heavy atom. The Labute approximate surface area is 48.9 Å². The molecule has 0 aliphatic carbocycles. The fraction of sp³-hybridized carbons (Fsp3) is 0. The summed E-state index contributed by atoms with van der Waals surface area (Å²) in [7, 11) is 9.40. The molecule has 0 fully saturated rings. The minimum absolute atomic E-state index is 0.250. The summed E-state index contributed by atoms with van der Waals surface area (Å²) in [5, 5.41) is 8.38. The second kappa shape index (κ2) is 17.9. The van der Waals surface area contributed by atoms with E-state index in [1.807, 2.05) is 0 Å². The van der Waals surface area contributed by atoms with Crippen LogP contribution >= 0.6 is 20.4 Å². The van der Waals surface area contributed by atoms with Crippen LogP contribution < -0.4 is 5.34 Å². The number of halogens is 2. The molecule has 3 nitrogen and oxygen atoms in total. The van der Waals surface area contributed by atoms with Gasteiger partial charge in [0.25, 0.3) is 0 Å². The number of nitrogens with one attached hydrogen (secondary N) is 1.